The third-order valence-corrected chi connectivity index (χ3v) is 4.09. The van der Waals surface area contributed by atoms with Crippen molar-refractivity contribution in [3.63, 3.8) is 0 Å². The molecule has 0 saturated heterocycles. The van der Waals surface area contributed by atoms with Gasteiger partial charge < -0.3 is 20.1 Å². The first-order valence-corrected chi connectivity index (χ1v) is 8.10. The van der Waals surface area contributed by atoms with Gasteiger partial charge in [-0.05, 0) is 31.2 Å². The lowest BCUT2D eigenvalue weighted by molar-refractivity contribution is 0.105. The number of hydrogen-bond acceptors (Lipinski definition) is 3. The van der Waals surface area contributed by atoms with Crippen molar-refractivity contribution in [3.05, 3.63) is 65.9 Å². The number of fused-ring (bicyclic) bond motifs is 1. The van der Waals surface area contributed by atoms with Crippen LogP contribution in [0, 0.1) is 11.6 Å². The van der Waals surface area contributed by atoms with Crippen molar-refractivity contribution in [3.8, 4) is 5.75 Å². The molecule has 3 rings (SSSR count). The van der Waals surface area contributed by atoms with Crippen LogP contribution in [0.15, 0.2) is 48.7 Å². The van der Waals surface area contributed by atoms with Gasteiger partial charge in [0.05, 0.1) is 0 Å². The summed E-state index contributed by atoms with van der Waals surface area (Å²) in [6, 6.07) is 11.2. The van der Waals surface area contributed by atoms with Crippen LogP contribution in [-0.4, -0.2) is 29.3 Å². The van der Waals surface area contributed by atoms with Crippen LogP contribution < -0.4 is 10.1 Å². The first-order chi connectivity index (χ1) is 12.1. The SMILES string of the molecule is CC(NCC(O)COc1cccc2[nH]ccc12)c1cccc(F)c1F. The molecule has 0 aliphatic rings. The molecule has 4 nitrogen and oxygen atoms in total. The smallest absolute Gasteiger partial charge is 0.163 e. The molecule has 0 radical (unpaired) electrons. The molecule has 0 amide bonds. The zero-order valence-electron chi connectivity index (χ0n) is 13.8. The van der Waals surface area contributed by atoms with Gasteiger partial charge in [-0.1, -0.05) is 18.2 Å². The summed E-state index contributed by atoms with van der Waals surface area (Å²) in [4.78, 5) is 3.09. The fourth-order valence-corrected chi connectivity index (χ4v) is 2.71. The molecule has 6 heteroatoms. The second kappa shape index (κ2) is 7.63. The molecule has 25 heavy (non-hydrogen) atoms. The highest BCUT2D eigenvalue weighted by Gasteiger charge is 2.15. The van der Waals surface area contributed by atoms with E-state index in [-0.39, 0.29) is 18.7 Å². The van der Waals surface area contributed by atoms with Gasteiger partial charge in [0.2, 0.25) is 0 Å². The van der Waals surface area contributed by atoms with Crippen molar-refractivity contribution >= 4 is 10.9 Å². The Morgan fingerprint density at radius 3 is 2.80 bits per heavy atom. The van der Waals surface area contributed by atoms with E-state index in [0.717, 1.165) is 17.0 Å². The van der Waals surface area contributed by atoms with Crippen LogP contribution in [0.4, 0.5) is 8.78 Å². The van der Waals surface area contributed by atoms with Crippen LogP contribution >= 0.6 is 0 Å². The predicted molar refractivity (Wildman–Crippen MR) is 92.6 cm³/mol. The van der Waals surface area contributed by atoms with Gasteiger partial charge in [0, 0.05) is 35.2 Å². The van der Waals surface area contributed by atoms with Crippen LogP contribution in [0.1, 0.15) is 18.5 Å². The van der Waals surface area contributed by atoms with Crippen LogP contribution in [0.5, 0.6) is 5.75 Å². The molecular formula is C19H20F2N2O2. The molecule has 0 saturated carbocycles. The fraction of sp³-hybridized carbons (Fsp3) is 0.263. The maximum atomic E-state index is 13.8. The van der Waals surface area contributed by atoms with Gasteiger partial charge in [0.1, 0.15) is 18.5 Å². The van der Waals surface area contributed by atoms with Gasteiger partial charge in [-0.25, -0.2) is 8.78 Å². The first kappa shape index (κ1) is 17.4. The number of aromatic nitrogens is 1. The number of aliphatic hydroxyl groups is 1. The van der Waals surface area contributed by atoms with Crippen LogP contribution in [0.2, 0.25) is 0 Å². The van der Waals surface area contributed by atoms with Crippen molar-refractivity contribution in [2.45, 2.75) is 19.1 Å². The number of aromatic amines is 1. The monoisotopic (exact) mass is 346 g/mol. The van der Waals surface area contributed by atoms with Gasteiger partial charge in [0.25, 0.3) is 0 Å². The highest BCUT2D eigenvalue weighted by Crippen LogP contribution is 2.24. The summed E-state index contributed by atoms with van der Waals surface area (Å²) < 4.78 is 32.7. The Morgan fingerprint density at radius 1 is 1.16 bits per heavy atom. The Morgan fingerprint density at radius 2 is 1.96 bits per heavy atom. The highest BCUT2D eigenvalue weighted by atomic mass is 19.2. The normalized spacial score (nSPS) is 13.8. The van der Waals surface area contributed by atoms with Crippen LogP contribution in [0.25, 0.3) is 10.9 Å². The number of ether oxygens (including phenoxy) is 1. The Labute approximate surface area is 144 Å². The third-order valence-electron chi connectivity index (χ3n) is 4.09. The molecule has 1 heterocycles. The fourth-order valence-electron chi connectivity index (χ4n) is 2.71. The molecule has 0 spiro atoms. The average Bonchev–Trinajstić information content (AvgIpc) is 3.09. The molecule has 1 aromatic heterocycles. The van der Waals surface area contributed by atoms with E-state index in [1.807, 2.05) is 30.5 Å². The van der Waals surface area contributed by atoms with E-state index in [1.54, 1.807) is 6.92 Å². The summed E-state index contributed by atoms with van der Waals surface area (Å²) >= 11 is 0. The van der Waals surface area contributed by atoms with Crippen molar-refractivity contribution in [2.24, 2.45) is 0 Å². The van der Waals surface area contributed by atoms with Crippen LogP contribution in [0.3, 0.4) is 0 Å². The van der Waals surface area contributed by atoms with E-state index in [0.29, 0.717) is 5.75 Å². The number of benzene rings is 2. The molecule has 132 valence electrons. The van der Waals surface area contributed by atoms with E-state index in [2.05, 4.69) is 10.3 Å². The minimum absolute atomic E-state index is 0.0929. The summed E-state index contributed by atoms with van der Waals surface area (Å²) in [5, 5.41) is 14.0. The maximum absolute atomic E-state index is 13.8. The molecule has 0 aliphatic carbocycles. The van der Waals surface area contributed by atoms with E-state index >= 15 is 0 Å². The molecule has 3 aromatic rings. The van der Waals surface area contributed by atoms with Gasteiger partial charge in [-0.15, -0.1) is 0 Å². The Hall–Kier alpha value is -2.44. The molecule has 3 N–H and O–H groups in total. The Bertz CT molecular complexity index is 850. The topological polar surface area (TPSA) is 57.3 Å². The van der Waals surface area contributed by atoms with Gasteiger partial charge >= 0.3 is 0 Å². The van der Waals surface area contributed by atoms with Gasteiger partial charge in [0.15, 0.2) is 11.6 Å². The number of hydrogen-bond donors (Lipinski definition) is 3. The predicted octanol–water partition coefficient (Wildman–Crippen LogP) is 3.54. The second-order valence-corrected chi connectivity index (χ2v) is 5.93. The zero-order chi connectivity index (χ0) is 17.8. The van der Waals surface area contributed by atoms with Crippen molar-refractivity contribution in [2.75, 3.05) is 13.2 Å². The average molecular weight is 346 g/mol. The minimum Gasteiger partial charge on any atom is -0.490 e. The number of rotatable bonds is 7. The second-order valence-electron chi connectivity index (χ2n) is 5.93. The van der Waals surface area contributed by atoms with Gasteiger partial charge in [-0.3, -0.25) is 0 Å². The molecule has 0 fully saturated rings. The molecule has 2 atom stereocenters. The minimum atomic E-state index is -0.880. The van der Waals surface area contributed by atoms with E-state index in [1.165, 1.54) is 12.1 Å². The number of halogens is 2. The highest BCUT2D eigenvalue weighted by molar-refractivity contribution is 5.85. The molecule has 0 bridgehead atoms. The molecule has 2 aromatic carbocycles. The standard InChI is InChI=1S/C19H20F2N2O2/c1-12(14-4-2-5-16(20)19(14)21)23-10-13(24)11-25-18-7-3-6-17-15(18)8-9-22-17/h2-9,12-13,22-24H,10-11H2,1H3. The zero-order valence-corrected chi connectivity index (χ0v) is 13.8. The van der Waals surface area contributed by atoms with Crippen molar-refractivity contribution in [1.29, 1.82) is 0 Å². The van der Waals surface area contributed by atoms with Crippen molar-refractivity contribution in [1.82, 2.24) is 10.3 Å². The van der Waals surface area contributed by atoms with Gasteiger partial charge in [-0.2, -0.15) is 0 Å². The lowest BCUT2D eigenvalue weighted by Crippen LogP contribution is -2.33. The maximum Gasteiger partial charge on any atom is 0.163 e. The number of aliphatic hydroxyl groups excluding tert-OH is 1. The largest absolute Gasteiger partial charge is 0.490 e. The molecule has 2 unspecified atom stereocenters. The van der Waals surface area contributed by atoms with E-state index in [9.17, 15) is 13.9 Å². The summed E-state index contributed by atoms with van der Waals surface area (Å²) in [5.74, 6) is -1.07. The summed E-state index contributed by atoms with van der Waals surface area (Å²) in [5.41, 5.74) is 1.19. The molecule has 0 aliphatic heterocycles. The lowest BCUT2D eigenvalue weighted by atomic mass is 10.1. The van der Waals surface area contributed by atoms with E-state index in [4.69, 9.17) is 4.74 Å². The number of nitrogens with one attached hydrogen (secondary N) is 2. The molecular weight excluding hydrogens is 326 g/mol. The summed E-state index contributed by atoms with van der Waals surface area (Å²) in [6.45, 7) is 2.00. The van der Waals surface area contributed by atoms with Crippen molar-refractivity contribution < 1.29 is 18.6 Å². The lowest BCUT2D eigenvalue weighted by Gasteiger charge is -2.18. The summed E-state index contributed by atoms with van der Waals surface area (Å²) in [6.07, 6.45) is 1.04. The van der Waals surface area contributed by atoms with Crippen LogP contribution in [-0.2, 0) is 0 Å². The number of H-pyrrole nitrogens is 1. The quantitative estimate of drug-likeness (QED) is 0.613. The van der Waals surface area contributed by atoms with E-state index < -0.39 is 23.8 Å². The third kappa shape index (κ3) is 3.97. The summed E-state index contributed by atoms with van der Waals surface area (Å²) in [7, 11) is 0. The first-order valence-electron chi connectivity index (χ1n) is 8.10. The Balaban J connectivity index is 1.53. The Kier molecular flexibility index (Phi) is 5.31.